The van der Waals surface area contributed by atoms with Crippen molar-refractivity contribution in [3.8, 4) is 0 Å². The van der Waals surface area contributed by atoms with Crippen molar-refractivity contribution >= 4 is 29.7 Å². The van der Waals surface area contributed by atoms with Gasteiger partial charge in [0.1, 0.15) is 5.60 Å². The quantitative estimate of drug-likeness (QED) is 0.797. The number of hydrogen-bond acceptors (Lipinski definition) is 5. The van der Waals surface area contributed by atoms with Crippen molar-refractivity contribution in [2.75, 3.05) is 33.3 Å². The molecule has 7 heteroatoms. The number of hydrogen-bond donors (Lipinski definition) is 1. The van der Waals surface area contributed by atoms with Crippen LogP contribution >= 0.6 is 23.7 Å². The molecule has 1 aromatic heterocycles. The van der Waals surface area contributed by atoms with E-state index in [1.54, 1.807) is 18.4 Å². The van der Waals surface area contributed by atoms with Crippen molar-refractivity contribution in [3.05, 3.63) is 52.0 Å². The van der Waals surface area contributed by atoms with Gasteiger partial charge in [-0.15, -0.1) is 23.7 Å². The number of benzene rings is 1. The Hall–Kier alpha value is -1.47. The second kappa shape index (κ2) is 9.13. The molecule has 5 nitrogen and oxygen atoms in total. The first kappa shape index (κ1) is 22.2. The lowest BCUT2D eigenvalue weighted by Gasteiger charge is -2.45. The molecule has 158 valence electrons. The monoisotopic (exact) mass is 435 g/mol. The molecule has 4 rings (SSSR count). The highest BCUT2D eigenvalue weighted by molar-refractivity contribution is 7.09. The Morgan fingerprint density at radius 3 is 2.34 bits per heavy atom. The predicted molar refractivity (Wildman–Crippen MR) is 119 cm³/mol. The number of aryl methyl sites for hydroxylation is 1. The molecule has 2 aromatic rings. The van der Waals surface area contributed by atoms with Gasteiger partial charge >= 0.3 is 0 Å². The molecule has 2 saturated heterocycles. The van der Waals surface area contributed by atoms with E-state index < -0.39 is 5.60 Å². The van der Waals surface area contributed by atoms with E-state index in [9.17, 15) is 4.79 Å². The van der Waals surface area contributed by atoms with Gasteiger partial charge in [0.2, 0.25) is 0 Å². The smallest absolute Gasteiger partial charge is 0.254 e. The van der Waals surface area contributed by atoms with Crippen LogP contribution in [0.15, 0.2) is 35.7 Å². The molecule has 0 bridgehead atoms. The summed E-state index contributed by atoms with van der Waals surface area (Å²) in [7, 11) is 1.68. The third kappa shape index (κ3) is 4.08. The summed E-state index contributed by atoms with van der Waals surface area (Å²) >= 11 is 1.71. The van der Waals surface area contributed by atoms with E-state index in [0.717, 1.165) is 62.6 Å². The van der Waals surface area contributed by atoms with Crippen LogP contribution in [0.25, 0.3) is 0 Å². The summed E-state index contributed by atoms with van der Waals surface area (Å²) in [5, 5.41) is 6.62. The van der Waals surface area contributed by atoms with Crippen molar-refractivity contribution in [1.29, 1.82) is 0 Å². The van der Waals surface area contributed by atoms with Gasteiger partial charge in [-0.25, -0.2) is 4.98 Å². The number of piperidine rings is 2. The fourth-order valence-electron chi connectivity index (χ4n) is 4.75. The van der Waals surface area contributed by atoms with Crippen molar-refractivity contribution < 1.29 is 9.53 Å². The Balaban J connectivity index is 0.00000240. The number of methoxy groups -OCH3 is 1. The molecule has 0 unspecified atom stereocenters. The minimum absolute atomic E-state index is 0. The summed E-state index contributed by atoms with van der Waals surface area (Å²) in [6.07, 6.45) is 3.27. The summed E-state index contributed by atoms with van der Waals surface area (Å²) in [6.45, 7) is 5.20. The number of aromatic nitrogens is 1. The van der Waals surface area contributed by atoms with Crippen LogP contribution in [0, 0.1) is 6.92 Å². The van der Waals surface area contributed by atoms with Gasteiger partial charge in [0.05, 0.1) is 10.7 Å². The van der Waals surface area contributed by atoms with Gasteiger partial charge in [-0.3, -0.25) is 4.79 Å². The largest absolute Gasteiger partial charge is 0.368 e. The average molecular weight is 436 g/mol. The molecule has 0 radical (unpaired) electrons. The van der Waals surface area contributed by atoms with Crippen molar-refractivity contribution in [3.63, 3.8) is 0 Å². The minimum Gasteiger partial charge on any atom is -0.368 e. The van der Waals surface area contributed by atoms with E-state index in [1.807, 2.05) is 4.90 Å². The van der Waals surface area contributed by atoms with Crippen LogP contribution in [0.3, 0.4) is 0 Å². The Morgan fingerprint density at radius 1 is 1.14 bits per heavy atom. The van der Waals surface area contributed by atoms with E-state index in [2.05, 4.69) is 48.0 Å². The standard InChI is InChI=1S/C22H29N3O2S.ClH/c1-17-24-19(16-28-17)21(18-6-4-3-5-7-18)10-14-25(15-11-21)20(26)22(27-2)8-12-23-13-9-22;/h3-7,16,23H,8-15H2,1-2H3;1H. The van der Waals surface area contributed by atoms with Gasteiger partial charge in [0, 0.05) is 31.0 Å². The van der Waals surface area contributed by atoms with E-state index in [0.29, 0.717) is 0 Å². The number of nitrogens with zero attached hydrogens (tertiary/aromatic N) is 2. The zero-order valence-corrected chi connectivity index (χ0v) is 18.8. The van der Waals surface area contributed by atoms with Gasteiger partial charge in [0.25, 0.3) is 5.91 Å². The van der Waals surface area contributed by atoms with Crippen LogP contribution in [-0.4, -0.2) is 54.7 Å². The number of amides is 1. The second-order valence-corrected chi connectivity index (χ2v) is 9.00. The Bertz CT molecular complexity index is 812. The molecule has 1 amide bonds. The van der Waals surface area contributed by atoms with Crippen molar-refractivity contribution in [2.45, 2.75) is 43.6 Å². The highest BCUT2D eigenvalue weighted by atomic mass is 35.5. The van der Waals surface area contributed by atoms with Crippen LogP contribution in [0.1, 0.15) is 41.9 Å². The maximum absolute atomic E-state index is 13.4. The first-order chi connectivity index (χ1) is 13.6. The number of halogens is 1. The van der Waals surface area contributed by atoms with Crippen LogP contribution < -0.4 is 5.32 Å². The molecule has 3 heterocycles. The van der Waals surface area contributed by atoms with Crippen molar-refractivity contribution in [2.24, 2.45) is 0 Å². The van der Waals surface area contributed by atoms with E-state index in [4.69, 9.17) is 9.72 Å². The van der Waals surface area contributed by atoms with Gasteiger partial charge in [-0.05, 0) is 51.3 Å². The number of likely N-dealkylation sites (tertiary alicyclic amines) is 1. The molecule has 2 aliphatic rings. The second-order valence-electron chi connectivity index (χ2n) is 7.94. The molecule has 2 fully saturated rings. The van der Waals surface area contributed by atoms with Gasteiger partial charge in [-0.1, -0.05) is 30.3 Å². The number of carbonyl (C=O) groups excluding carboxylic acids is 1. The topological polar surface area (TPSA) is 54.5 Å². The maximum atomic E-state index is 13.4. The summed E-state index contributed by atoms with van der Waals surface area (Å²) in [5.74, 6) is 0.160. The highest BCUT2D eigenvalue weighted by Gasteiger charge is 2.46. The molecule has 1 N–H and O–H groups in total. The maximum Gasteiger partial charge on any atom is 0.254 e. The van der Waals surface area contributed by atoms with E-state index in [-0.39, 0.29) is 23.7 Å². The predicted octanol–water partition coefficient (Wildman–Crippen LogP) is 3.55. The Morgan fingerprint density at radius 2 is 1.79 bits per heavy atom. The van der Waals surface area contributed by atoms with Gasteiger partial charge in [-0.2, -0.15) is 0 Å². The zero-order valence-electron chi connectivity index (χ0n) is 17.1. The summed E-state index contributed by atoms with van der Waals surface area (Å²) in [5.41, 5.74) is 1.68. The third-order valence-corrected chi connectivity index (χ3v) is 7.31. The third-order valence-electron chi connectivity index (χ3n) is 6.53. The Kier molecular flexibility index (Phi) is 6.99. The molecule has 0 spiro atoms. The fourth-order valence-corrected chi connectivity index (χ4v) is 5.46. The van der Waals surface area contributed by atoms with Gasteiger partial charge in [0.15, 0.2) is 0 Å². The summed E-state index contributed by atoms with van der Waals surface area (Å²) in [6, 6.07) is 10.7. The van der Waals surface area contributed by atoms with Crippen LogP contribution in [0.4, 0.5) is 0 Å². The first-order valence-electron chi connectivity index (χ1n) is 10.1. The fraction of sp³-hybridized carbons (Fsp3) is 0.545. The summed E-state index contributed by atoms with van der Waals surface area (Å²) in [4.78, 5) is 20.2. The number of rotatable bonds is 4. The van der Waals surface area contributed by atoms with Crippen LogP contribution in [-0.2, 0) is 14.9 Å². The molecule has 0 saturated carbocycles. The zero-order chi connectivity index (χ0) is 19.6. The lowest BCUT2D eigenvalue weighted by atomic mass is 9.70. The highest BCUT2D eigenvalue weighted by Crippen LogP contribution is 2.42. The van der Waals surface area contributed by atoms with E-state index in [1.165, 1.54) is 5.56 Å². The summed E-state index contributed by atoms with van der Waals surface area (Å²) < 4.78 is 5.78. The number of thiazole rings is 1. The molecular weight excluding hydrogens is 406 g/mol. The lowest BCUT2D eigenvalue weighted by molar-refractivity contribution is -0.159. The minimum atomic E-state index is -0.658. The van der Waals surface area contributed by atoms with E-state index >= 15 is 0 Å². The molecule has 2 aliphatic heterocycles. The first-order valence-corrected chi connectivity index (χ1v) is 11.0. The molecule has 29 heavy (non-hydrogen) atoms. The lowest BCUT2D eigenvalue weighted by Crippen LogP contribution is -2.58. The molecular formula is C22H30ClN3O2S. The number of carbonyl (C=O) groups is 1. The van der Waals surface area contributed by atoms with Crippen LogP contribution in [0.2, 0.25) is 0 Å². The SMILES string of the molecule is COC1(C(=O)N2CCC(c3ccccc3)(c3csc(C)n3)CC2)CCNCC1.Cl. The molecule has 0 atom stereocenters. The number of ether oxygens (including phenoxy) is 1. The van der Waals surface area contributed by atoms with Gasteiger partial charge < -0.3 is 15.0 Å². The average Bonchev–Trinajstić information content (AvgIpc) is 3.21. The van der Waals surface area contributed by atoms with Crippen LogP contribution in [0.5, 0.6) is 0 Å². The normalized spacial score (nSPS) is 20.7. The molecule has 1 aromatic carbocycles. The molecule has 0 aliphatic carbocycles. The van der Waals surface area contributed by atoms with Crippen molar-refractivity contribution in [1.82, 2.24) is 15.2 Å². The number of nitrogens with one attached hydrogen (secondary N) is 1. The Labute approximate surface area is 183 Å².